The second-order valence-electron chi connectivity index (χ2n) is 37.0. The first-order valence-corrected chi connectivity index (χ1v) is 50.9. The van der Waals surface area contributed by atoms with Gasteiger partial charge in [-0.2, -0.15) is 0 Å². The number of carbonyl (C=O) groups excluding carboxylic acids is 5. The maximum absolute atomic E-state index is 12.6. The number of fused-ring (bicyclic) bond motifs is 6. The average Bonchev–Trinajstić information content (AvgIpc) is 1.46. The summed E-state index contributed by atoms with van der Waals surface area (Å²) in [7, 11) is 0. The molecule has 6 saturated heterocycles. The molecule has 5 aliphatic carbocycles. The highest BCUT2D eigenvalue weighted by Gasteiger charge is 2.29. The third kappa shape index (κ3) is 26.2. The summed E-state index contributed by atoms with van der Waals surface area (Å²) in [6.07, 6.45) is 46.2. The number of likely N-dealkylation sites (tertiary alicyclic amines) is 5. The molecule has 0 spiro atoms. The highest BCUT2D eigenvalue weighted by molar-refractivity contribution is 6.52. The van der Waals surface area contributed by atoms with E-state index >= 15 is 0 Å². The van der Waals surface area contributed by atoms with E-state index in [-0.39, 0.29) is 57.8 Å². The van der Waals surface area contributed by atoms with Crippen LogP contribution in [0.5, 0.6) is 0 Å². The Kier molecular flexibility index (Phi) is 34.8. The van der Waals surface area contributed by atoms with E-state index < -0.39 is 5.78 Å². The van der Waals surface area contributed by atoms with E-state index in [1.54, 1.807) is 49.3 Å². The number of allylic oxidation sites excluding steroid dienone is 15. The molecule has 0 unspecified atom stereocenters. The number of nitrogens with zero attached hydrogens (tertiary/aromatic N) is 20. The van der Waals surface area contributed by atoms with Crippen LogP contribution in [0.25, 0.3) is 27.6 Å². The number of carbonyl (C=O) groups is 5. The van der Waals surface area contributed by atoms with Crippen molar-refractivity contribution in [3.05, 3.63) is 239 Å². The molecule has 37 heteroatoms. The van der Waals surface area contributed by atoms with Gasteiger partial charge in [-0.15, -0.1) is 25.5 Å². The van der Waals surface area contributed by atoms with E-state index in [2.05, 4.69) is 91.8 Å². The van der Waals surface area contributed by atoms with Crippen molar-refractivity contribution in [2.45, 2.75) is 123 Å². The van der Waals surface area contributed by atoms with E-state index in [4.69, 9.17) is 31.4 Å². The zero-order valence-corrected chi connectivity index (χ0v) is 82.5. The van der Waals surface area contributed by atoms with Crippen LogP contribution in [-0.2, 0) is 28.7 Å². The number of aromatic nitrogens is 10. The van der Waals surface area contributed by atoms with Crippen molar-refractivity contribution in [1.29, 1.82) is 0 Å². The van der Waals surface area contributed by atoms with E-state index in [1.165, 1.54) is 140 Å². The number of morpholine rings is 1. The number of pyridine rings is 5. The highest BCUT2D eigenvalue weighted by atomic mass is 35.5. The van der Waals surface area contributed by atoms with Gasteiger partial charge in [-0.1, -0.05) is 74.0 Å². The smallest absolute Gasteiger partial charge is 0.207 e. The Morgan fingerprint density at radius 1 is 0.375 bits per heavy atom. The van der Waals surface area contributed by atoms with Gasteiger partial charge in [0.2, 0.25) is 11.6 Å². The number of halogens is 1. The molecule has 6 fully saturated rings. The van der Waals surface area contributed by atoms with E-state index in [9.17, 15) is 44.4 Å². The minimum atomic E-state index is -0.392. The summed E-state index contributed by atoms with van der Waals surface area (Å²) in [6.45, 7) is 25.0. The molecule has 0 saturated carbocycles. The molecule has 36 nitrogen and oxygen atoms in total. The lowest BCUT2D eigenvalue weighted by Gasteiger charge is -2.26. The van der Waals surface area contributed by atoms with Crippen LogP contribution in [0.3, 0.4) is 0 Å². The molecule has 10 N–H and O–H groups in total. The van der Waals surface area contributed by atoms with E-state index in [0.717, 1.165) is 180 Å². The Morgan fingerprint density at radius 3 is 1.11 bits per heavy atom. The number of aliphatic imine (C=N–C) groups is 5. The number of aliphatic hydroxyl groups is 4. The van der Waals surface area contributed by atoms with Gasteiger partial charge >= 0.3 is 0 Å². The zero-order valence-electron chi connectivity index (χ0n) is 81.7. The lowest BCUT2D eigenvalue weighted by Crippen LogP contribution is -2.33. The molecule has 10 aromatic heterocycles. The highest BCUT2D eigenvalue weighted by Crippen LogP contribution is 2.38. The molecule has 16 heterocycles. The van der Waals surface area contributed by atoms with Crippen molar-refractivity contribution in [2.75, 3.05) is 177 Å². The number of nitrogens with one attached hydrogen (secondary N) is 6. The van der Waals surface area contributed by atoms with Crippen LogP contribution in [0.2, 0.25) is 0 Å². The molecule has 0 radical (unpaired) electrons. The molecule has 10 aromatic rings. The third-order valence-electron chi connectivity index (χ3n) is 26.6. The second-order valence-corrected chi connectivity index (χ2v) is 37.4. The number of anilines is 5. The molecule has 0 bridgehead atoms. The van der Waals surface area contributed by atoms with Crippen molar-refractivity contribution < 1.29 is 49.1 Å². The monoisotopic (exact) mass is 1970 g/mol. The molecule has 0 atom stereocenters. The Labute approximate surface area is 841 Å². The number of ether oxygens (including phenoxy) is 1. The third-order valence-corrected chi connectivity index (χ3v) is 26.9. The standard InChI is InChI=1S/C24H31N5O2.C22H26N6O2.C21H25N5O2.C20H22ClN5O2.C20H23N5O2/c1-18-16-20(19(8-7-15-30)17-22(18)31)26-23-21-9-3-6-13-29(21)27-24(23)25-10-14-28-11-4-2-5-12-28;29-19-14-17-20(30-13-8-23-17)15-16(19)25-21-18-6-2-5-11-28(18)26-22(21)24-7-12-27-9-3-1-4-10-27;1-15-18(27)9-8-16(20(15)28)23-19-17-7-3-6-13-26(17)24-21(19)22-10-14-25-11-4-2-5-12-25;21-14-12-15(18(28)13-17(14)27)23-19-16-6-2-5-10-26(16)24-20(19)22-7-11-25-8-3-1-4-9-25;26-15-7-8-16(18(27)14-15)22-19-17-6-2-5-12-25(17)23-20(19)21-9-13-24-10-3-1-4-11-24/h3,6,9,13,16-17,30H,2,4-5,7-8,10-12,14-15H2,1H3,(H,25,27);2,5-6,11,14-15,23H,1,3-4,7-10,12-13H2,(H,24,26);3,6-9,13,28H,2,4-5,10-12,14H2,1H3,(H,22,24);2,5-6,10,12-13,27H,1,3-4,7-9,11H2,(H,22,24);2,5-8,12,14,27H,1,3-4,9-11,13H2,(H,21,23). The van der Waals surface area contributed by atoms with Gasteiger partial charge in [0.1, 0.15) is 80.9 Å². The van der Waals surface area contributed by atoms with Crippen molar-refractivity contribution >= 4 is 154 Å². The fourth-order valence-electron chi connectivity index (χ4n) is 18.8. The van der Waals surface area contributed by atoms with Gasteiger partial charge in [0, 0.05) is 139 Å². The number of hydrogen-bond donors (Lipinski definition) is 10. The van der Waals surface area contributed by atoms with Crippen molar-refractivity contribution in [1.82, 2.24) is 77.9 Å². The summed E-state index contributed by atoms with van der Waals surface area (Å²) in [4.78, 5) is 96.0. The Hall–Kier alpha value is -14.4. The van der Waals surface area contributed by atoms with Crippen LogP contribution in [0.15, 0.2) is 264 Å². The quantitative estimate of drug-likeness (QED) is 0.0161. The molecular weight excluding hydrogens is 1840 g/mol. The first kappa shape index (κ1) is 101. The Bertz CT molecular complexity index is 6850. The summed E-state index contributed by atoms with van der Waals surface area (Å²) in [5.74, 6) is 2.64. The lowest BCUT2D eigenvalue weighted by atomic mass is 9.94. The minimum absolute atomic E-state index is 0.00614. The predicted molar refractivity (Wildman–Crippen MR) is 568 cm³/mol. The molecular formula is C107H127ClN26O10. The average molecular weight is 1970 g/mol. The van der Waals surface area contributed by atoms with Gasteiger partial charge in [-0.3, -0.25) is 24.0 Å². The summed E-state index contributed by atoms with van der Waals surface area (Å²) in [5, 5.41) is 82.8. The second kappa shape index (κ2) is 49.5. The van der Waals surface area contributed by atoms with Gasteiger partial charge in [-0.05, 0) is 271 Å². The summed E-state index contributed by atoms with van der Waals surface area (Å²) < 4.78 is 14.6. The number of hydrogen-bond acceptors (Lipinski definition) is 31. The van der Waals surface area contributed by atoms with Gasteiger partial charge in [-0.25, -0.2) is 47.5 Å². The number of ketones is 5. The topological polar surface area (TPSA) is 412 Å². The van der Waals surface area contributed by atoms with Crippen LogP contribution in [0, 0.1) is 0 Å². The van der Waals surface area contributed by atoms with Crippen LogP contribution in [0.1, 0.15) is 123 Å². The van der Waals surface area contributed by atoms with Crippen LogP contribution < -0.4 is 31.9 Å². The van der Waals surface area contributed by atoms with E-state index in [0.29, 0.717) is 106 Å². The van der Waals surface area contributed by atoms with Crippen LogP contribution in [-0.4, -0.2) is 301 Å². The molecule has 0 amide bonds. The van der Waals surface area contributed by atoms with Crippen molar-refractivity contribution in [3.8, 4) is 0 Å². The largest absolute Gasteiger partial charge is 0.506 e. The maximum atomic E-state index is 12.6. The van der Waals surface area contributed by atoms with Gasteiger partial charge < -0.3 is 81.6 Å². The Morgan fingerprint density at radius 2 is 0.729 bits per heavy atom. The lowest BCUT2D eigenvalue weighted by molar-refractivity contribution is -0.112. The van der Waals surface area contributed by atoms with Crippen LogP contribution in [0.4, 0.5) is 57.5 Å². The molecule has 6 aliphatic heterocycles. The fraction of sp³-hybridized carbons (Fsp3) is 0.393. The number of rotatable bonds is 28. The molecule has 752 valence electrons. The zero-order chi connectivity index (χ0) is 99.6. The predicted octanol–water partition coefficient (Wildman–Crippen LogP) is 15.4. The fourth-order valence-corrected chi connectivity index (χ4v) is 18.9. The normalized spacial score (nSPS) is 19.8. The van der Waals surface area contributed by atoms with Crippen molar-refractivity contribution in [2.24, 2.45) is 25.0 Å². The first-order valence-electron chi connectivity index (χ1n) is 50.5. The van der Waals surface area contributed by atoms with Gasteiger partial charge in [0.25, 0.3) is 0 Å². The molecule has 144 heavy (non-hydrogen) atoms. The van der Waals surface area contributed by atoms with Gasteiger partial charge in [0.05, 0.1) is 44.0 Å². The summed E-state index contributed by atoms with van der Waals surface area (Å²) in [5.41, 5.74) is 12.2. The maximum Gasteiger partial charge on any atom is 0.207 e. The summed E-state index contributed by atoms with van der Waals surface area (Å²) in [6, 6.07) is 29.0. The van der Waals surface area contributed by atoms with Gasteiger partial charge in [0.15, 0.2) is 46.4 Å². The number of aliphatic hydroxyl groups excluding tert-OH is 4. The first-order chi connectivity index (χ1) is 70.4. The van der Waals surface area contributed by atoms with Crippen molar-refractivity contribution in [3.63, 3.8) is 0 Å². The van der Waals surface area contributed by atoms with Crippen LogP contribution >= 0.6 is 11.6 Å². The minimum Gasteiger partial charge on any atom is -0.506 e. The van der Waals surface area contributed by atoms with E-state index in [1.807, 2.05) is 139 Å². The number of piperidine rings is 5. The molecule has 0 aromatic carbocycles. The Balaban J connectivity index is 0.000000124. The molecule has 21 rings (SSSR count). The summed E-state index contributed by atoms with van der Waals surface area (Å²) >= 11 is 5.96. The molecule has 11 aliphatic rings. The SMILES string of the molecule is CC1=C(O)C(=Nc2c(NCCN3CCCCC3)nn3ccccc23)C=CC1=O.CC1=CC(=Nc2c(NCCN3CCCCC3)nn3ccccc23)C(CCCO)=CC1=O.O=C1C=C(O)C(Cl)=CC1=Nc1c(NCCN2CCCCC2)nn2ccccc12.O=C1C=C2NCCOC2=CC1=Nc1c(NCCN2CCCCC2)nn2ccccc12.O=C1C=CC(=Nc2c(NCCN3CCCCC3)nn3ccccc23)C(O)=C1.